The summed E-state index contributed by atoms with van der Waals surface area (Å²) in [6, 6.07) is 14.2. The molecule has 0 atom stereocenters. The summed E-state index contributed by atoms with van der Waals surface area (Å²) in [5.74, 6) is 0.324. The molecule has 2 fully saturated rings. The number of carbonyl (C=O) groups is 1. The molecule has 4 rings (SSSR count). The molecule has 0 aliphatic carbocycles. The Morgan fingerprint density at radius 3 is 2.48 bits per heavy atom. The number of hydrogen-bond donors (Lipinski definition) is 2. The Morgan fingerprint density at radius 1 is 1.10 bits per heavy atom. The molecule has 2 aliphatic rings. The van der Waals surface area contributed by atoms with Gasteiger partial charge in [0.15, 0.2) is 0 Å². The Bertz CT molecular complexity index is 871. The van der Waals surface area contributed by atoms with Gasteiger partial charge in [-0.1, -0.05) is 11.2 Å². The fourth-order valence-electron chi connectivity index (χ4n) is 4.39. The maximum atomic E-state index is 13.0. The molecule has 0 bridgehead atoms. The van der Waals surface area contributed by atoms with E-state index in [4.69, 9.17) is 4.84 Å². The van der Waals surface area contributed by atoms with Gasteiger partial charge in [-0.25, -0.2) is 0 Å². The van der Waals surface area contributed by atoms with E-state index in [0.717, 1.165) is 61.4 Å². The fraction of sp³-hybridized carbons (Fsp3) is 0.458. The predicted molar refractivity (Wildman–Crippen MR) is 122 cm³/mol. The van der Waals surface area contributed by atoms with Crippen LogP contribution in [0.25, 0.3) is 0 Å². The third-order valence-electron chi connectivity index (χ3n) is 6.13. The van der Waals surface area contributed by atoms with E-state index in [1.165, 1.54) is 0 Å². The number of likely N-dealkylation sites (tertiary alicyclic amines) is 1. The number of aromatic nitrogens is 1. The van der Waals surface area contributed by atoms with E-state index in [1.807, 2.05) is 47.4 Å². The monoisotopic (exact) mass is 421 g/mol. The first-order chi connectivity index (χ1) is 15.2. The van der Waals surface area contributed by atoms with Gasteiger partial charge < -0.3 is 20.4 Å². The van der Waals surface area contributed by atoms with Crippen LogP contribution in [-0.2, 0) is 4.84 Å². The number of pyridine rings is 1. The SMILES string of the molecule is CO/N=C(/c1ccccn1)C1CCN(C(=O)c2ccc(NC3CCNCC3)cc2)CC1. The number of benzene rings is 1. The first kappa shape index (κ1) is 21.3. The maximum absolute atomic E-state index is 13.0. The molecule has 1 aromatic carbocycles. The molecule has 0 unspecified atom stereocenters. The van der Waals surface area contributed by atoms with Crippen LogP contribution in [0.4, 0.5) is 5.69 Å². The zero-order chi connectivity index (χ0) is 21.5. The highest BCUT2D eigenvalue weighted by atomic mass is 16.6. The van der Waals surface area contributed by atoms with Crippen LogP contribution in [0.5, 0.6) is 0 Å². The summed E-state index contributed by atoms with van der Waals surface area (Å²) in [5.41, 5.74) is 3.53. The molecule has 2 aromatic rings. The van der Waals surface area contributed by atoms with Crippen molar-refractivity contribution in [2.24, 2.45) is 11.1 Å². The number of hydrogen-bond acceptors (Lipinski definition) is 6. The average Bonchev–Trinajstić information content (AvgIpc) is 2.84. The topological polar surface area (TPSA) is 78.9 Å². The van der Waals surface area contributed by atoms with Crippen molar-refractivity contribution in [3.63, 3.8) is 0 Å². The van der Waals surface area contributed by atoms with Gasteiger partial charge >= 0.3 is 0 Å². The molecule has 0 spiro atoms. The lowest BCUT2D eigenvalue weighted by molar-refractivity contribution is 0.0709. The van der Waals surface area contributed by atoms with Gasteiger partial charge in [-0.3, -0.25) is 9.78 Å². The standard InChI is InChI=1S/C24H31N5O2/c1-31-28-23(22-4-2-3-13-26-22)18-11-16-29(17-12-18)24(30)19-5-7-20(8-6-19)27-21-9-14-25-15-10-21/h2-8,13,18,21,25,27H,9-12,14-17H2,1H3/b28-23+. The molecule has 3 heterocycles. The molecular formula is C24H31N5O2. The smallest absolute Gasteiger partial charge is 0.253 e. The summed E-state index contributed by atoms with van der Waals surface area (Å²) in [7, 11) is 1.56. The van der Waals surface area contributed by atoms with Gasteiger partial charge in [0.1, 0.15) is 12.8 Å². The maximum Gasteiger partial charge on any atom is 0.253 e. The highest BCUT2D eigenvalue weighted by Gasteiger charge is 2.28. The number of anilines is 1. The van der Waals surface area contributed by atoms with E-state index < -0.39 is 0 Å². The number of nitrogens with one attached hydrogen (secondary N) is 2. The van der Waals surface area contributed by atoms with E-state index in [1.54, 1.807) is 13.3 Å². The van der Waals surface area contributed by atoms with Crippen LogP contribution in [0.15, 0.2) is 53.8 Å². The van der Waals surface area contributed by atoms with Crippen LogP contribution in [0.1, 0.15) is 41.7 Å². The molecule has 0 saturated carbocycles. The molecule has 164 valence electrons. The third kappa shape index (κ3) is 5.41. The summed E-state index contributed by atoms with van der Waals surface area (Å²) in [5, 5.41) is 11.2. The van der Waals surface area contributed by atoms with Crippen molar-refractivity contribution >= 4 is 17.3 Å². The summed E-state index contributed by atoms with van der Waals surface area (Å²) in [4.78, 5) is 24.4. The number of nitrogens with zero attached hydrogens (tertiary/aromatic N) is 3. The lowest BCUT2D eigenvalue weighted by atomic mass is 9.89. The average molecular weight is 422 g/mol. The second kappa shape index (κ2) is 10.4. The van der Waals surface area contributed by atoms with Crippen LogP contribution in [0.2, 0.25) is 0 Å². The lowest BCUT2D eigenvalue weighted by Gasteiger charge is -2.32. The van der Waals surface area contributed by atoms with Crippen molar-refractivity contribution in [1.82, 2.24) is 15.2 Å². The second-order valence-corrected chi connectivity index (χ2v) is 8.19. The molecule has 2 N–H and O–H groups in total. The zero-order valence-electron chi connectivity index (χ0n) is 18.1. The Morgan fingerprint density at radius 2 is 1.84 bits per heavy atom. The largest absolute Gasteiger partial charge is 0.399 e. The minimum absolute atomic E-state index is 0.0925. The predicted octanol–water partition coefficient (Wildman–Crippen LogP) is 3.15. The Kier molecular flexibility index (Phi) is 7.14. The number of piperidine rings is 2. The van der Waals surface area contributed by atoms with Gasteiger partial charge in [0.25, 0.3) is 5.91 Å². The van der Waals surface area contributed by atoms with E-state index in [2.05, 4.69) is 20.8 Å². The highest BCUT2D eigenvalue weighted by molar-refractivity contribution is 6.00. The van der Waals surface area contributed by atoms with Crippen LogP contribution in [0, 0.1) is 5.92 Å². The number of oxime groups is 1. The molecule has 2 saturated heterocycles. The van der Waals surface area contributed by atoms with Crippen LogP contribution < -0.4 is 10.6 Å². The van der Waals surface area contributed by atoms with Gasteiger partial charge in [0, 0.05) is 42.5 Å². The van der Waals surface area contributed by atoms with Crippen molar-refractivity contribution in [3.05, 3.63) is 59.9 Å². The molecule has 7 nitrogen and oxygen atoms in total. The van der Waals surface area contributed by atoms with E-state index in [0.29, 0.717) is 19.1 Å². The van der Waals surface area contributed by atoms with E-state index in [-0.39, 0.29) is 11.8 Å². The third-order valence-corrected chi connectivity index (χ3v) is 6.13. The fourth-order valence-corrected chi connectivity index (χ4v) is 4.39. The number of rotatable bonds is 6. The summed E-state index contributed by atoms with van der Waals surface area (Å²) in [6.45, 7) is 3.52. The van der Waals surface area contributed by atoms with Gasteiger partial charge in [-0.05, 0) is 75.2 Å². The number of carbonyl (C=O) groups excluding carboxylic acids is 1. The van der Waals surface area contributed by atoms with Crippen LogP contribution >= 0.6 is 0 Å². The minimum atomic E-state index is 0.0925. The minimum Gasteiger partial charge on any atom is -0.399 e. The zero-order valence-corrected chi connectivity index (χ0v) is 18.1. The lowest BCUT2D eigenvalue weighted by Crippen LogP contribution is -2.40. The summed E-state index contributed by atoms with van der Waals surface area (Å²) < 4.78 is 0. The van der Waals surface area contributed by atoms with Gasteiger partial charge in [0.05, 0.1) is 5.69 Å². The Hall–Kier alpha value is -2.93. The number of amides is 1. The van der Waals surface area contributed by atoms with E-state index >= 15 is 0 Å². The Balaban J connectivity index is 1.34. The second-order valence-electron chi connectivity index (χ2n) is 8.19. The van der Waals surface area contributed by atoms with Crippen molar-refractivity contribution in [1.29, 1.82) is 0 Å². The van der Waals surface area contributed by atoms with Gasteiger partial charge in [-0.2, -0.15) is 0 Å². The highest BCUT2D eigenvalue weighted by Crippen LogP contribution is 2.24. The quantitative estimate of drug-likeness (QED) is 0.553. The first-order valence-electron chi connectivity index (χ1n) is 11.1. The molecule has 7 heteroatoms. The first-order valence-corrected chi connectivity index (χ1v) is 11.1. The molecule has 1 amide bonds. The van der Waals surface area contributed by atoms with E-state index in [9.17, 15) is 4.79 Å². The van der Waals surface area contributed by atoms with Crippen molar-refractivity contribution < 1.29 is 9.63 Å². The van der Waals surface area contributed by atoms with Crippen molar-refractivity contribution in [3.8, 4) is 0 Å². The molecule has 1 aromatic heterocycles. The normalized spacial score (nSPS) is 18.6. The Labute approximate surface area is 183 Å². The van der Waals surface area contributed by atoms with Crippen LogP contribution in [0.3, 0.4) is 0 Å². The summed E-state index contributed by atoms with van der Waals surface area (Å²) in [6.07, 6.45) is 5.72. The molecule has 0 radical (unpaired) electrons. The van der Waals surface area contributed by atoms with Crippen molar-refractivity contribution in [2.75, 3.05) is 38.6 Å². The van der Waals surface area contributed by atoms with Gasteiger partial charge in [0.2, 0.25) is 0 Å². The molecular weight excluding hydrogens is 390 g/mol. The van der Waals surface area contributed by atoms with Gasteiger partial charge in [-0.15, -0.1) is 0 Å². The molecule has 31 heavy (non-hydrogen) atoms. The molecule has 2 aliphatic heterocycles. The summed E-state index contributed by atoms with van der Waals surface area (Å²) >= 11 is 0. The van der Waals surface area contributed by atoms with Crippen LogP contribution in [-0.4, -0.2) is 60.8 Å². The van der Waals surface area contributed by atoms with Crippen molar-refractivity contribution in [2.45, 2.75) is 31.7 Å².